The Labute approximate surface area is 214 Å². The van der Waals surface area contributed by atoms with Crippen LogP contribution in [0.1, 0.15) is 59.8 Å². The van der Waals surface area contributed by atoms with Crippen molar-refractivity contribution >= 4 is 29.5 Å². The third-order valence-electron chi connectivity index (χ3n) is 7.79. The summed E-state index contributed by atoms with van der Waals surface area (Å²) in [5.74, 6) is -1.50. The summed E-state index contributed by atoms with van der Waals surface area (Å²) < 4.78 is 4.79. The van der Waals surface area contributed by atoms with Gasteiger partial charge in [0, 0.05) is 30.5 Å². The van der Waals surface area contributed by atoms with Crippen LogP contribution in [0.2, 0.25) is 0 Å². The molecule has 0 aromatic heterocycles. The van der Waals surface area contributed by atoms with Crippen molar-refractivity contribution in [3.8, 4) is 0 Å². The lowest BCUT2D eigenvalue weighted by atomic mass is 9.66. The summed E-state index contributed by atoms with van der Waals surface area (Å²) >= 11 is 1.67. The molecule has 3 rings (SSSR count). The fraction of sp³-hybridized carbons (Fsp3) is 0.741. The number of amides is 2. The maximum absolute atomic E-state index is 14.3. The number of carbonyl (C=O) groups excluding carboxylic acids is 3. The molecule has 1 spiro atoms. The molecule has 6 atom stereocenters. The van der Waals surface area contributed by atoms with Crippen LogP contribution in [-0.4, -0.2) is 80.6 Å². The van der Waals surface area contributed by atoms with Gasteiger partial charge in [-0.15, -0.1) is 18.3 Å². The average Bonchev–Trinajstić information content (AvgIpc) is 3.38. The number of unbranched alkanes of at least 4 members (excludes halogenated alkanes) is 3. The van der Waals surface area contributed by atoms with Gasteiger partial charge in [-0.1, -0.05) is 38.5 Å². The van der Waals surface area contributed by atoms with E-state index in [9.17, 15) is 14.4 Å². The second-order valence-electron chi connectivity index (χ2n) is 11.0. The third kappa shape index (κ3) is 4.93. The third-order valence-corrected chi connectivity index (χ3v) is 9.87. The molecule has 8 heteroatoms. The average molecular weight is 507 g/mol. The zero-order valence-electron chi connectivity index (χ0n) is 21.7. The highest BCUT2D eigenvalue weighted by molar-refractivity contribution is 8.02. The first-order valence-corrected chi connectivity index (χ1v) is 13.7. The van der Waals surface area contributed by atoms with Gasteiger partial charge in [0.05, 0.1) is 16.6 Å². The molecule has 2 amide bonds. The monoisotopic (exact) mass is 506 g/mol. The van der Waals surface area contributed by atoms with Crippen LogP contribution in [0.25, 0.3) is 0 Å². The van der Waals surface area contributed by atoms with Crippen LogP contribution < -0.4 is 0 Å². The molecule has 3 saturated heterocycles. The fourth-order valence-electron chi connectivity index (χ4n) is 6.26. The summed E-state index contributed by atoms with van der Waals surface area (Å²) in [5, 5.41) is 9.07. The zero-order valence-corrected chi connectivity index (χ0v) is 22.5. The van der Waals surface area contributed by atoms with Crippen LogP contribution in [0.5, 0.6) is 0 Å². The van der Waals surface area contributed by atoms with Crippen molar-refractivity contribution in [3.05, 3.63) is 25.3 Å². The standard InChI is InChI=1S/C27H42N2O5S/c1-7-13-29(26(4,5)6)24(32)22-27-18(3)17-19(35-27)20(25(33)34-16-8-2)21(27)23(31)28(22)14-11-9-10-12-15-30/h7-8,18-22,30H,1-2,9-17H2,3-6H3/t18?,19-,20+,21-,22?,27?/m0/s1. The predicted octanol–water partition coefficient (Wildman–Crippen LogP) is 3.42. The molecule has 3 aliphatic rings. The number of hydrogen-bond acceptors (Lipinski definition) is 6. The number of fused-ring (bicyclic) bond motifs is 1. The van der Waals surface area contributed by atoms with Crippen molar-refractivity contribution in [1.82, 2.24) is 9.80 Å². The molecule has 196 valence electrons. The Bertz CT molecular complexity index is 840. The van der Waals surface area contributed by atoms with Crippen LogP contribution in [-0.2, 0) is 19.1 Å². The number of likely N-dealkylation sites (tertiary alicyclic amines) is 1. The van der Waals surface area contributed by atoms with E-state index in [4.69, 9.17) is 9.84 Å². The summed E-state index contributed by atoms with van der Waals surface area (Å²) in [6.45, 7) is 16.7. The molecule has 0 saturated carbocycles. The van der Waals surface area contributed by atoms with Gasteiger partial charge in [0.1, 0.15) is 12.6 Å². The summed E-state index contributed by atoms with van der Waals surface area (Å²) in [6.07, 6.45) is 7.28. The molecule has 3 unspecified atom stereocenters. The van der Waals surface area contributed by atoms with Gasteiger partial charge < -0.3 is 19.6 Å². The molecule has 1 N–H and O–H groups in total. The molecule has 2 bridgehead atoms. The lowest BCUT2D eigenvalue weighted by molar-refractivity contribution is -0.153. The second-order valence-corrected chi connectivity index (χ2v) is 12.6. The van der Waals surface area contributed by atoms with E-state index in [1.54, 1.807) is 22.7 Å². The normalized spacial score (nSPS) is 31.4. The second kappa shape index (κ2) is 11.1. The fourth-order valence-corrected chi connectivity index (χ4v) is 8.67. The number of carbonyl (C=O) groups is 3. The first kappa shape index (κ1) is 27.8. The van der Waals surface area contributed by atoms with Gasteiger partial charge in [0.2, 0.25) is 11.8 Å². The lowest BCUT2D eigenvalue weighted by Gasteiger charge is -2.44. The largest absolute Gasteiger partial charge is 0.461 e. The maximum atomic E-state index is 14.3. The Morgan fingerprint density at radius 1 is 1.23 bits per heavy atom. The van der Waals surface area contributed by atoms with E-state index in [2.05, 4.69) is 20.1 Å². The first-order chi connectivity index (χ1) is 16.6. The van der Waals surface area contributed by atoms with E-state index in [-0.39, 0.29) is 42.2 Å². The summed E-state index contributed by atoms with van der Waals surface area (Å²) in [6, 6.07) is -0.626. The number of thioether (sulfide) groups is 1. The molecule has 0 aliphatic carbocycles. The van der Waals surface area contributed by atoms with Gasteiger partial charge in [0.25, 0.3) is 0 Å². The van der Waals surface area contributed by atoms with E-state index in [1.807, 2.05) is 25.7 Å². The summed E-state index contributed by atoms with van der Waals surface area (Å²) in [7, 11) is 0. The van der Waals surface area contributed by atoms with E-state index in [0.717, 1.165) is 32.1 Å². The van der Waals surface area contributed by atoms with Crippen LogP contribution in [0.4, 0.5) is 0 Å². The number of ether oxygens (including phenoxy) is 1. The molecule has 3 aliphatic heterocycles. The minimum atomic E-state index is -0.646. The number of aliphatic hydroxyl groups excluding tert-OH is 1. The molecular formula is C27H42N2O5S. The minimum absolute atomic E-state index is 0.0271. The Hall–Kier alpha value is -1.80. The minimum Gasteiger partial charge on any atom is -0.461 e. The van der Waals surface area contributed by atoms with E-state index >= 15 is 0 Å². The van der Waals surface area contributed by atoms with Gasteiger partial charge in [-0.3, -0.25) is 14.4 Å². The molecule has 7 nitrogen and oxygen atoms in total. The van der Waals surface area contributed by atoms with Gasteiger partial charge in [0.15, 0.2) is 0 Å². The molecule has 0 aromatic rings. The number of aliphatic hydroxyl groups is 1. The highest BCUT2D eigenvalue weighted by atomic mass is 32.2. The number of rotatable bonds is 12. The lowest BCUT2D eigenvalue weighted by Crippen LogP contribution is -2.60. The number of nitrogens with zero attached hydrogens (tertiary/aromatic N) is 2. The van der Waals surface area contributed by atoms with Gasteiger partial charge in [-0.25, -0.2) is 0 Å². The molecule has 0 aromatic carbocycles. The van der Waals surface area contributed by atoms with Crippen molar-refractivity contribution in [3.63, 3.8) is 0 Å². The number of esters is 1. The Morgan fingerprint density at radius 3 is 2.51 bits per heavy atom. The maximum Gasteiger partial charge on any atom is 0.311 e. The van der Waals surface area contributed by atoms with Crippen LogP contribution >= 0.6 is 11.8 Å². The van der Waals surface area contributed by atoms with Crippen LogP contribution in [0, 0.1) is 17.8 Å². The van der Waals surface area contributed by atoms with Gasteiger partial charge >= 0.3 is 5.97 Å². The highest BCUT2D eigenvalue weighted by Crippen LogP contribution is 2.68. The van der Waals surface area contributed by atoms with E-state index < -0.39 is 28.2 Å². The number of hydrogen-bond donors (Lipinski definition) is 1. The molecule has 0 radical (unpaired) electrons. The van der Waals surface area contributed by atoms with Crippen molar-refractivity contribution in [1.29, 1.82) is 0 Å². The molecular weight excluding hydrogens is 464 g/mol. The predicted molar refractivity (Wildman–Crippen MR) is 139 cm³/mol. The first-order valence-electron chi connectivity index (χ1n) is 12.8. The highest BCUT2D eigenvalue weighted by Gasteiger charge is 2.76. The smallest absolute Gasteiger partial charge is 0.311 e. The Balaban J connectivity index is 2.01. The summed E-state index contributed by atoms with van der Waals surface area (Å²) in [4.78, 5) is 45.0. The Morgan fingerprint density at radius 2 is 1.91 bits per heavy atom. The van der Waals surface area contributed by atoms with E-state index in [1.165, 1.54) is 6.08 Å². The van der Waals surface area contributed by atoms with Crippen molar-refractivity contribution in [2.24, 2.45) is 17.8 Å². The topological polar surface area (TPSA) is 87.2 Å². The molecule has 3 fully saturated rings. The summed E-state index contributed by atoms with van der Waals surface area (Å²) in [5.41, 5.74) is -0.442. The molecule has 35 heavy (non-hydrogen) atoms. The van der Waals surface area contributed by atoms with Crippen LogP contribution in [0.3, 0.4) is 0 Å². The quantitative estimate of drug-likeness (QED) is 0.248. The van der Waals surface area contributed by atoms with Crippen LogP contribution in [0.15, 0.2) is 25.3 Å². The van der Waals surface area contributed by atoms with Crippen molar-refractivity contribution in [2.75, 3.05) is 26.3 Å². The zero-order chi connectivity index (χ0) is 26.0. The molecule has 3 heterocycles. The van der Waals surface area contributed by atoms with Crippen molar-refractivity contribution in [2.45, 2.75) is 81.4 Å². The Kier molecular flexibility index (Phi) is 8.79. The van der Waals surface area contributed by atoms with Crippen molar-refractivity contribution < 1.29 is 24.2 Å². The van der Waals surface area contributed by atoms with Gasteiger partial charge in [-0.05, 0) is 46.0 Å². The SMILES string of the molecule is C=CCOC(=O)[C@@H]1[C@@H]2CC(C)C3(S2)C(C(=O)N(CC=C)C(C)(C)C)N(CCCCCCO)C(=O)[C@H]13. The van der Waals surface area contributed by atoms with E-state index in [0.29, 0.717) is 13.1 Å². The van der Waals surface area contributed by atoms with Gasteiger partial charge in [-0.2, -0.15) is 0 Å².